The smallest absolute Gasteiger partial charge is 0.267 e. The highest BCUT2D eigenvalue weighted by Gasteiger charge is 2.32. The highest BCUT2D eigenvalue weighted by atomic mass is 32.2. The van der Waals surface area contributed by atoms with E-state index in [1.54, 1.807) is 27.7 Å². The number of imidazole rings is 1. The Kier molecular flexibility index (Phi) is 3.90. The molecule has 0 bridgehead atoms. The number of fused-ring (bicyclic) bond motifs is 2. The van der Waals surface area contributed by atoms with E-state index in [2.05, 4.69) is 20.5 Å². The molecule has 2 unspecified atom stereocenters. The molecule has 26 heavy (non-hydrogen) atoms. The molecule has 5 rings (SSSR count). The summed E-state index contributed by atoms with van der Waals surface area (Å²) in [7, 11) is 0. The molecule has 5 heterocycles. The molecule has 2 atom stereocenters. The lowest BCUT2D eigenvalue weighted by molar-refractivity contribution is 0.182. The van der Waals surface area contributed by atoms with Crippen LogP contribution in [0.3, 0.4) is 0 Å². The Balaban J connectivity index is 1.44. The van der Waals surface area contributed by atoms with E-state index in [0.29, 0.717) is 13.2 Å². The van der Waals surface area contributed by atoms with Gasteiger partial charge in [0.15, 0.2) is 5.65 Å². The number of anilines is 1. The summed E-state index contributed by atoms with van der Waals surface area (Å²) >= 11 is 1.85. The van der Waals surface area contributed by atoms with Crippen molar-refractivity contribution in [2.75, 3.05) is 24.3 Å². The molecule has 3 aromatic rings. The summed E-state index contributed by atoms with van der Waals surface area (Å²) in [5.41, 5.74) is 2.83. The largest absolute Gasteiger partial charge is 0.377 e. The van der Waals surface area contributed by atoms with Gasteiger partial charge in [-0.2, -0.15) is 16.9 Å². The molecule has 0 saturated carbocycles. The molecule has 1 N–H and O–H groups in total. The molecule has 0 amide bonds. The van der Waals surface area contributed by atoms with Crippen molar-refractivity contribution in [3.05, 3.63) is 52.2 Å². The van der Waals surface area contributed by atoms with Gasteiger partial charge in [-0.15, -0.1) is 5.10 Å². The fraction of sp³-hybridized carbons (Fsp3) is 0.412. The summed E-state index contributed by atoms with van der Waals surface area (Å²) in [5, 5.41) is 12.6. The zero-order valence-electron chi connectivity index (χ0n) is 14.0. The molecule has 1 fully saturated rings. The highest BCUT2D eigenvalue weighted by Crippen LogP contribution is 2.24. The summed E-state index contributed by atoms with van der Waals surface area (Å²) in [5.74, 6) is 2.64. The van der Waals surface area contributed by atoms with Gasteiger partial charge in [-0.05, 0) is 23.4 Å². The quantitative estimate of drug-likeness (QED) is 0.739. The number of ether oxygens (including phenoxy) is 1. The summed E-state index contributed by atoms with van der Waals surface area (Å²) < 4.78 is 8.96. The van der Waals surface area contributed by atoms with E-state index in [9.17, 15) is 4.79 Å². The van der Waals surface area contributed by atoms with E-state index in [0.717, 1.165) is 40.6 Å². The molecule has 2 aliphatic heterocycles. The molecule has 0 spiro atoms. The van der Waals surface area contributed by atoms with E-state index >= 15 is 0 Å². The summed E-state index contributed by atoms with van der Waals surface area (Å²) in [6, 6.07) is 5.31. The minimum absolute atomic E-state index is 0.0634. The Hall–Kier alpha value is -2.39. The molecule has 0 aliphatic carbocycles. The Morgan fingerprint density at radius 3 is 3.19 bits per heavy atom. The number of aromatic nitrogens is 5. The van der Waals surface area contributed by atoms with Gasteiger partial charge in [0, 0.05) is 30.6 Å². The molecule has 0 radical (unpaired) electrons. The maximum Gasteiger partial charge on any atom is 0.267 e. The first kappa shape index (κ1) is 15.8. The van der Waals surface area contributed by atoms with Crippen molar-refractivity contribution in [3.63, 3.8) is 0 Å². The predicted octanol–water partition coefficient (Wildman–Crippen LogP) is 1.13. The third-order valence-corrected chi connectivity index (χ3v) is 5.82. The molecular formula is C17H18N6O2S. The summed E-state index contributed by atoms with van der Waals surface area (Å²) in [6.45, 7) is 0.973. The first-order chi connectivity index (χ1) is 12.8. The third kappa shape index (κ3) is 2.77. The van der Waals surface area contributed by atoms with Gasteiger partial charge < -0.3 is 10.1 Å². The monoisotopic (exact) mass is 370 g/mol. The van der Waals surface area contributed by atoms with Gasteiger partial charge in [0.25, 0.3) is 5.56 Å². The average Bonchev–Trinajstić information content (AvgIpc) is 3.30. The lowest BCUT2D eigenvalue weighted by atomic mass is 10.1. The number of nitrogens with one attached hydrogen (secondary N) is 1. The molecule has 1 saturated heterocycles. The van der Waals surface area contributed by atoms with Crippen molar-refractivity contribution >= 4 is 23.2 Å². The number of nitrogens with zero attached hydrogens (tertiary/aromatic N) is 5. The Morgan fingerprint density at radius 1 is 1.27 bits per heavy atom. The van der Waals surface area contributed by atoms with Gasteiger partial charge in [-0.3, -0.25) is 4.79 Å². The lowest BCUT2D eigenvalue weighted by Crippen LogP contribution is -2.38. The van der Waals surface area contributed by atoms with E-state index in [1.165, 1.54) is 0 Å². The van der Waals surface area contributed by atoms with Crippen molar-refractivity contribution < 1.29 is 4.74 Å². The van der Waals surface area contributed by atoms with Crippen molar-refractivity contribution in [2.45, 2.75) is 24.3 Å². The second-order valence-corrected chi connectivity index (χ2v) is 7.61. The van der Waals surface area contributed by atoms with Crippen LogP contribution in [0.1, 0.15) is 17.3 Å². The molecular weight excluding hydrogens is 352 g/mol. The summed E-state index contributed by atoms with van der Waals surface area (Å²) in [4.78, 5) is 16.8. The van der Waals surface area contributed by atoms with Crippen LogP contribution >= 0.6 is 11.8 Å². The molecule has 0 aromatic carbocycles. The second-order valence-electron chi connectivity index (χ2n) is 6.51. The van der Waals surface area contributed by atoms with E-state index in [4.69, 9.17) is 4.74 Å². The molecule has 9 heteroatoms. The number of hydrogen-bond donors (Lipinski definition) is 1. The maximum atomic E-state index is 12.6. The number of thioether (sulfide) groups is 1. The lowest BCUT2D eigenvalue weighted by Gasteiger charge is -2.23. The van der Waals surface area contributed by atoms with E-state index in [-0.39, 0.29) is 17.6 Å². The van der Waals surface area contributed by atoms with Gasteiger partial charge in [0.2, 0.25) is 0 Å². The van der Waals surface area contributed by atoms with E-state index < -0.39 is 0 Å². The minimum atomic E-state index is -0.150. The molecule has 2 aliphatic rings. The Bertz CT molecular complexity index is 1020. The molecule has 134 valence electrons. The highest BCUT2D eigenvalue weighted by molar-refractivity contribution is 7.98. The van der Waals surface area contributed by atoms with E-state index in [1.807, 2.05) is 23.9 Å². The molecule has 3 aromatic heterocycles. The van der Waals surface area contributed by atoms with Gasteiger partial charge in [0.1, 0.15) is 11.9 Å². The third-order valence-electron chi connectivity index (χ3n) is 4.82. The van der Waals surface area contributed by atoms with Crippen molar-refractivity contribution in [1.82, 2.24) is 24.4 Å². The Labute approximate surface area is 153 Å². The fourth-order valence-electron chi connectivity index (χ4n) is 3.47. The SMILES string of the molecule is O=c1cc2c(nn1C1COCC1Nc1ccc3nccn3n1)CCSC2. The maximum absolute atomic E-state index is 12.6. The van der Waals surface area contributed by atoms with Crippen LogP contribution in [0.25, 0.3) is 5.65 Å². The average molecular weight is 370 g/mol. The van der Waals surface area contributed by atoms with Crippen LogP contribution in [0.2, 0.25) is 0 Å². The standard InChI is InChI=1S/C17H18N6O2S/c24-17-7-11-10-26-6-3-12(11)20-23(17)14-9-25-8-13(14)19-15-1-2-16-18-4-5-22(16)21-15/h1-2,4-5,7,13-14H,3,6,8-10H2,(H,19,21). The van der Waals surface area contributed by atoms with Gasteiger partial charge in [-0.25, -0.2) is 14.2 Å². The first-order valence-corrected chi connectivity index (χ1v) is 9.77. The predicted molar refractivity (Wildman–Crippen MR) is 98.6 cm³/mol. The van der Waals surface area contributed by atoms with Crippen molar-refractivity contribution in [1.29, 1.82) is 0 Å². The fourth-order valence-corrected chi connectivity index (χ4v) is 4.42. The topological polar surface area (TPSA) is 86.3 Å². The molecule has 8 nitrogen and oxygen atoms in total. The van der Waals surface area contributed by atoms with Gasteiger partial charge >= 0.3 is 0 Å². The van der Waals surface area contributed by atoms with Gasteiger partial charge in [-0.1, -0.05) is 0 Å². The van der Waals surface area contributed by atoms with Crippen LogP contribution in [0, 0.1) is 0 Å². The zero-order chi connectivity index (χ0) is 17.5. The Morgan fingerprint density at radius 2 is 2.23 bits per heavy atom. The van der Waals surface area contributed by atoms with Crippen LogP contribution in [-0.4, -0.2) is 49.4 Å². The van der Waals surface area contributed by atoms with Crippen LogP contribution in [0.5, 0.6) is 0 Å². The number of aryl methyl sites for hydroxylation is 1. The van der Waals surface area contributed by atoms with Crippen molar-refractivity contribution in [3.8, 4) is 0 Å². The van der Waals surface area contributed by atoms with Crippen LogP contribution < -0.4 is 10.9 Å². The second kappa shape index (κ2) is 6.40. The summed E-state index contributed by atoms with van der Waals surface area (Å²) in [6.07, 6.45) is 4.42. The van der Waals surface area contributed by atoms with Crippen molar-refractivity contribution in [2.24, 2.45) is 0 Å². The van der Waals surface area contributed by atoms with Gasteiger partial charge in [0.05, 0.1) is 24.9 Å². The zero-order valence-corrected chi connectivity index (χ0v) is 14.9. The number of hydrogen-bond acceptors (Lipinski definition) is 7. The normalized spacial score (nSPS) is 22.5. The van der Waals surface area contributed by atoms with Crippen LogP contribution in [-0.2, 0) is 16.9 Å². The van der Waals surface area contributed by atoms with Crippen LogP contribution in [0.4, 0.5) is 5.82 Å². The minimum Gasteiger partial charge on any atom is -0.377 e. The van der Waals surface area contributed by atoms with Crippen LogP contribution in [0.15, 0.2) is 35.4 Å². The number of rotatable bonds is 3. The first-order valence-electron chi connectivity index (χ1n) is 8.62.